The Morgan fingerprint density at radius 2 is 1.59 bits per heavy atom. The van der Waals surface area contributed by atoms with Gasteiger partial charge in [-0.1, -0.05) is 6.42 Å². The molecular weight excluding hydrogens is 224 g/mol. The van der Waals surface area contributed by atoms with Crippen molar-refractivity contribution in [1.29, 1.82) is 0 Å². The van der Waals surface area contributed by atoms with E-state index >= 15 is 0 Å². The Morgan fingerprint density at radius 1 is 1.00 bits per heavy atom. The smallest absolute Gasteiger partial charge is 0.431 e. The molecule has 5 heteroatoms. The molecule has 0 atom stereocenters. The molecule has 0 aromatic carbocycles. The summed E-state index contributed by atoms with van der Waals surface area (Å²) in [6, 6.07) is 0. The van der Waals surface area contributed by atoms with Gasteiger partial charge in [-0.3, -0.25) is 0 Å². The average molecular weight is 244 g/mol. The third kappa shape index (κ3) is 6.14. The normalized spacial score (nSPS) is 17.4. The highest BCUT2D eigenvalue weighted by atomic mass is 16.8. The molecule has 98 valence electrons. The van der Waals surface area contributed by atoms with E-state index in [4.69, 9.17) is 9.47 Å². The summed E-state index contributed by atoms with van der Waals surface area (Å²) in [5, 5.41) is 0. The topological polar surface area (TPSA) is 61.8 Å². The van der Waals surface area contributed by atoms with E-state index in [0.717, 1.165) is 25.7 Å². The molecule has 0 saturated heterocycles. The standard InChI is InChI=1S/C12H20O5/c1-12(2,3)17-11(14)16-10(13)15-9-7-5-4-6-8-9/h9H,4-8H2,1-3H3. The summed E-state index contributed by atoms with van der Waals surface area (Å²) in [7, 11) is 0. The van der Waals surface area contributed by atoms with Gasteiger partial charge >= 0.3 is 12.3 Å². The van der Waals surface area contributed by atoms with Crippen molar-refractivity contribution >= 4 is 12.3 Å². The van der Waals surface area contributed by atoms with Crippen molar-refractivity contribution in [3.05, 3.63) is 0 Å². The van der Waals surface area contributed by atoms with Crippen LogP contribution in [-0.2, 0) is 14.2 Å². The van der Waals surface area contributed by atoms with E-state index in [1.807, 2.05) is 0 Å². The zero-order valence-corrected chi connectivity index (χ0v) is 10.7. The van der Waals surface area contributed by atoms with Crippen LogP contribution in [0.3, 0.4) is 0 Å². The molecule has 0 unspecified atom stereocenters. The molecule has 17 heavy (non-hydrogen) atoms. The van der Waals surface area contributed by atoms with E-state index in [2.05, 4.69) is 4.74 Å². The number of carbonyl (C=O) groups excluding carboxylic acids is 2. The van der Waals surface area contributed by atoms with Gasteiger partial charge in [-0.2, -0.15) is 0 Å². The lowest BCUT2D eigenvalue weighted by atomic mass is 9.98. The van der Waals surface area contributed by atoms with E-state index in [9.17, 15) is 9.59 Å². The number of carbonyl (C=O) groups is 2. The Hall–Kier alpha value is -1.26. The maximum atomic E-state index is 11.3. The lowest BCUT2D eigenvalue weighted by Gasteiger charge is -2.22. The van der Waals surface area contributed by atoms with Crippen LogP contribution in [-0.4, -0.2) is 24.0 Å². The summed E-state index contributed by atoms with van der Waals surface area (Å²) in [6.07, 6.45) is 2.82. The minimum absolute atomic E-state index is 0.126. The first-order valence-electron chi connectivity index (χ1n) is 5.98. The van der Waals surface area contributed by atoms with Gasteiger partial charge in [0.25, 0.3) is 0 Å². The highest BCUT2D eigenvalue weighted by molar-refractivity contribution is 5.77. The molecular formula is C12H20O5. The summed E-state index contributed by atoms with van der Waals surface area (Å²) >= 11 is 0. The van der Waals surface area contributed by atoms with Crippen molar-refractivity contribution in [2.24, 2.45) is 0 Å². The van der Waals surface area contributed by atoms with Gasteiger partial charge in [0, 0.05) is 0 Å². The van der Waals surface area contributed by atoms with Crippen molar-refractivity contribution in [3.63, 3.8) is 0 Å². The van der Waals surface area contributed by atoms with E-state index in [1.165, 1.54) is 6.42 Å². The van der Waals surface area contributed by atoms with Gasteiger partial charge in [-0.05, 0) is 46.5 Å². The zero-order chi connectivity index (χ0) is 12.9. The minimum atomic E-state index is -1.02. The van der Waals surface area contributed by atoms with Gasteiger partial charge in [0.1, 0.15) is 11.7 Å². The van der Waals surface area contributed by atoms with Gasteiger partial charge < -0.3 is 14.2 Å². The summed E-state index contributed by atoms with van der Waals surface area (Å²) in [5.74, 6) is 0. The van der Waals surface area contributed by atoms with Crippen LogP contribution in [0, 0.1) is 0 Å². The van der Waals surface area contributed by atoms with E-state index in [0.29, 0.717) is 0 Å². The highest BCUT2D eigenvalue weighted by Crippen LogP contribution is 2.20. The molecule has 5 nitrogen and oxygen atoms in total. The van der Waals surface area contributed by atoms with E-state index in [-0.39, 0.29) is 6.10 Å². The molecule has 0 aromatic heterocycles. The first kappa shape index (κ1) is 13.8. The fraction of sp³-hybridized carbons (Fsp3) is 0.833. The van der Waals surface area contributed by atoms with Crippen LogP contribution in [0.4, 0.5) is 9.59 Å². The molecule has 1 rings (SSSR count). The quantitative estimate of drug-likeness (QED) is 0.522. The van der Waals surface area contributed by atoms with E-state index in [1.54, 1.807) is 20.8 Å². The predicted molar refractivity (Wildman–Crippen MR) is 60.7 cm³/mol. The third-order valence-electron chi connectivity index (χ3n) is 2.37. The van der Waals surface area contributed by atoms with Gasteiger partial charge in [0.2, 0.25) is 0 Å². The van der Waals surface area contributed by atoms with Crippen LogP contribution in [0.25, 0.3) is 0 Å². The average Bonchev–Trinajstić information content (AvgIpc) is 2.15. The summed E-state index contributed by atoms with van der Waals surface area (Å²) in [4.78, 5) is 22.4. The number of hydrogen-bond donors (Lipinski definition) is 0. The Morgan fingerprint density at radius 3 is 2.12 bits per heavy atom. The summed E-state index contributed by atoms with van der Waals surface area (Å²) in [6.45, 7) is 5.09. The number of ether oxygens (including phenoxy) is 3. The second-order valence-corrected chi connectivity index (χ2v) is 5.19. The molecule has 0 amide bonds. The second kappa shape index (κ2) is 5.89. The molecule has 0 N–H and O–H groups in total. The van der Waals surface area contributed by atoms with Crippen LogP contribution in [0.5, 0.6) is 0 Å². The SMILES string of the molecule is CC(C)(C)OC(=O)OC(=O)OC1CCCCC1. The Labute approximate surface area is 101 Å². The van der Waals surface area contributed by atoms with Gasteiger partial charge in [0.15, 0.2) is 0 Å². The highest BCUT2D eigenvalue weighted by Gasteiger charge is 2.24. The maximum absolute atomic E-state index is 11.3. The van der Waals surface area contributed by atoms with E-state index < -0.39 is 17.9 Å². The summed E-state index contributed by atoms with van der Waals surface area (Å²) < 4.78 is 14.3. The Balaban J connectivity index is 2.26. The predicted octanol–water partition coefficient (Wildman–Crippen LogP) is 3.41. The van der Waals surface area contributed by atoms with Crippen molar-refractivity contribution in [3.8, 4) is 0 Å². The van der Waals surface area contributed by atoms with Crippen molar-refractivity contribution in [2.45, 2.75) is 64.6 Å². The molecule has 0 radical (unpaired) electrons. The molecule has 0 aromatic rings. The molecule has 0 spiro atoms. The lowest BCUT2D eigenvalue weighted by Crippen LogP contribution is -2.28. The van der Waals surface area contributed by atoms with Crippen LogP contribution in [0.1, 0.15) is 52.9 Å². The maximum Gasteiger partial charge on any atom is 0.519 e. The Kier molecular flexibility index (Phi) is 4.78. The fourth-order valence-electron chi connectivity index (χ4n) is 1.68. The van der Waals surface area contributed by atoms with Crippen LogP contribution < -0.4 is 0 Å². The first-order valence-corrected chi connectivity index (χ1v) is 5.98. The van der Waals surface area contributed by atoms with Crippen LogP contribution in [0.15, 0.2) is 0 Å². The number of hydrogen-bond acceptors (Lipinski definition) is 5. The zero-order valence-electron chi connectivity index (χ0n) is 10.7. The lowest BCUT2D eigenvalue weighted by molar-refractivity contribution is -0.0207. The first-order chi connectivity index (χ1) is 7.87. The van der Waals surface area contributed by atoms with Crippen molar-refractivity contribution in [1.82, 2.24) is 0 Å². The third-order valence-corrected chi connectivity index (χ3v) is 2.37. The molecule has 1 aliphatic carbocycles. The van der Waals surface area contributed by atoms with Gasteiger partial charge in [0.05, 0.1) is 0 Å². The molecule has 1 saturated carbocycles. The van der Waals surface area contributed by atoms with Crippen molar-refractivity contribution in [2.75, 3.05) is 0 Å². The van der Waals surface area contributed by atoms with Gasteiger partial charge in [-0.15, -0.1) is 0 Å². The largest absolute Gasteiger partial charge is 0.519 e. The summed E-state index contributed by atoms with van der Waals surface area (Å²) in [5.41, 5.74) is -0.678. The molecule has 1 aliphatic rings. The van der Waals surface area contributed by atoms with Crippen molar-refractivity contribution < 1.29 is 23.8 Å². The number of rotatable bonds is 1. The molecule has 0 bridgehead atoms. The molecule has 0 heterocycles. The fourth-order valence-corrected chi connectivity index (χ4v) is 1.68. The minimum Gasteiger partial charge on any atom is -0.431 e. The molecule has 0 aliphatic heterocycles. The monoisotopic (exact) mass is 244 g/mol. The van der Waals surface area contributed by atoms with Crippen LogP contribution >= 0.6 is 0 Å². The van der Waals surface area contributed by atoms with Gasteiger partial charge in [-0.25, -0.2) is 9.59 Å². The molecule has 1 fully saturated rings. The Bertz CT molecular complexity index is 273. The second-order valence-electron chi connectivity index (χ2n) is 5.19. The van der Waals surface area contributed by atoms with Crippen LogP contribution in [0.2, 0.25) is 0 Å².